The highest BCUT2D eigenvalue weighted by atomic mass is 35.6. The third kappa shape index (κ3) is 3.17. The molecule has 62 valence electrons. The summed E-state index contributed by atoms with van der Waals surface area (Å²) in [5, 5.41) is 0. The van der Waals surface area contributed by atoms with Gasteiger partial charge in [0.15, 0.2) is 0 Å². The van der Waals surface area contributed by atoms with Crippen molar-refractivity contribution in [2.75, 3.05) is 6.61 Å². The predicted molar refractivity (Wildman–Crippen MR) is 49.9 cm³/mol. The van der Waals surface area contributed by atoms with Gasteiger partial charge in [0, 0.05) is 12.5 Å². The van der Waals surface area contributed by atoms with Crippen LogP contribution in [0.15, 0.2) is 12.2 Å². The highest BCUT2D eigenvalue weighted by Gasteiger charge is 2.20. The minimum atomic E-state index is -1.32. The van der Waals surface area contributed by atoms with E-state index in [1.54, 1.807) is 0 Å². The monoisotopic (exact) mass is 188 g/mol. The van der Waals surface area contributed by atoms with Crippen molar-refractivity contribution < 1.29 is 3.79 Å². The second kappa shape index (κ2) is 4.52. The van der Waals surface area contributed by atoms with Gasteiger partial charge < -0.3 is 3.79 Å². The maximum atomic E-state index is 5.79. The number of rotatable bonds is 3. The van der Waals surface area contributed by atoms with Gasteiger partial charge in [-0.1, -0.05) is 17.9 Å². The fourth-order valence-corrected chi connectivity index (χ4v) is 2.15. The van der Waals surface area contributed by atoms with E-state index in [1.807, 2.05) is 5.79 Å². The smallest absolute Gasteiger partial charge is 0.489 e. The van der Waals surface area contributed by atoms with Crippen molar-refractivity contribution >= 4 is 23.6 Å². The van der Waals surface area contributed by atoms with Crippen molar-refractivity contribution in [1.29, 1.82) is 0 Å². The molecular formula is C8H14AlClO. The molecule has 0 aromatic heterocycles. The van der Waals surface area contributed by atoms with E-state index < -0.39 is 13.6 Å². The van der Waals surface area contributed by atoms with Crippen LogP contribution in [0.3, 0.4) is 0 Å². The van der Waals surface area contributed by atoms with Gasteiger partial charge in [0.05, 0.1) is 0 Å². The lowest BCUT2D eigenvalue weighted by atomic mass is 10.1. The highest BCUT2D eigenvalue weighted by molar-refractivity contribution is 7.02. The first kappa shape index (κ1) is 9.61. The summed E-state index contributed by atoms with van der Waals surface area (Å²) in [5.41, 5.74) is 1.36. The summed E-state index contributed by atoms with van der Waals surface area (Å²) in [7, 11) is 5.79. The Morgan fingerprint density at radius 3 is 3.00 bits per heavy atom. The molecule has 0 aromatic rings. The quantitative estimate of drug-likeness (QED) is 0.489. The van der Waals surface area contributed by atoms with Gasteiger partial charge in [0.25, 0.3) is 0 Å². The molecule has 0 amide bonds. The van der Waals surface area contributed by atoms with E-state index in [1.165, 1.54) is 24.8 Å². The van der Waals surface area contributed by atoms with Gasteiger partial charge in [0.1, 0.15) is 0 Å². The van der Waals surface area contributed by atoms with Crippen molar-refractivity contribution in [3.63, 3.8) is 0 Å². The first-order valence-electron chi connectivity index (χ1n) is 4.13. The van der Waals surface area contributed by atoms with E-state index >= 15 is 0 Å². The lowest BCUT2D eigenvalue weighted by molar-refractivity contribution is 0.283. The normalized spacial score (nSPS) is 24.2. The van der Waals surface area contributed by atoms with Crippen molar-refractivity contribution in [3.8, 4) is 0 Å². The van der Waals surface area contributed by atoms with E-state index in [4.69, 9.17) is 13.8 Å². The van der Waals surface area contributed by atoms with Gasteiger partial charge in [-0.15, -0.1) is 0 Å². The molecule has 0 N–H and O–H groups in total. The summed E-state index contributed by atoms with van der Waals surface area (Å²) < 4.78 is 5.44. The third-order valence-electron chi connectivity index (χ3n) is 2.15. The van der Waals surface area contributed by atoms with Gasteiger partial charge in [-0.05, 0) is 19.3 Å². The first-order chi connectivity index (χ1) is 5.20. The summed E-state index contributed by atoms with van der Waals surface area (Å²) in [4.78, 5) is 0. The fraction of sp³-hybridized carbons (Fsp3) is 0.750. The molecule has 0 spiro atoms. The van der Waals surface area contributed by atoms with Crippen LogP contribution in [0.2, 0.25) is 5.79 Å². The van der Waals surface area contributed by atoms with E-state index in [2.05, 4.69) is 6.58 Å². The zero-order valence-electron chi connectivity index (χ0n) is 6.98. The largest absolute Gasteiger partial charge is 0.588 e. The van der Waals surface area contributed by atoms with Crippen LogP contribution in [0.1, 0.15) is 19.3 Å². The maximum Gasteiger partial charge on any atom is 0.588 e. The van der Waals surface area contributed by atoms with Gasteiger partial charge in [-0.2, -0.15) is 0 Å². The Balaban J connectivity index is 2.20. The topological polar surface area (TPSA) is 9.23 Å². The molecule has 0 aromatic carbocycles. The Hall–Kier alpha value is 0.522. The first-order valence-corrected chi connectivity index (χ1v) is 7.50. The second-order valence-corrected chi connectivity index (χ2v) is 6.39. The summed E-state index contributed by atoms with van der Waals surface area (Å²) in [6.07, 6.45) is 3.72. The zero-order chi connectivity index (χ0) is 8.27. The molecule has 1 aliphatic rings. The molecule has 1 fully saturated rings. The number of hydrogen-bond donors (Lipinski definition) is 0. The molecule has 1 aliphatic carbocycles. The molecule has 3 heteroatoms. The molecule has 1 rings (SSSR count). The maximum absolute atomic E-state index is 5.79. The van der Waals surface area contributed by atoms with E-state index in [-0.39, 0.29) is 0 Å². The Morgan fingerprint density at radius 1 is 1.82 bits per heavy atom. The molecule has 11 heavy (non-hydrogen) atoms. The van der Waals surface area contributed by atoms with Crippen LogP contribution in [0.25, 0.3) is 0 Å². The van der Waals surface area contributed by atoms with Crippen molar-refractivity contribution in [2.45, 2.75) is 25.0 Å². The van der Waals surface area contributed by atoms with Crippen molar-refractivity contribution in [2.24, 2.45) is 5.92 Å². The van der Waals surface area contributed by atoms with Crippen molar-refractivity contribution in [3.05, 3.63) is 12.2 Å². The molecule has 1 saturated carbocycles. The summed E-state index contributed by atoms with van der Waals surface area (Å²) in [6.45, 7) is 4.82. The molecule has 0 heterocycles. The zero-order valence-corrected chi connectivity index (χ0v) is 8.89. The summed E-state index contributed by atoms with van der Waals surface area (Å²) in [5.74, 6) is 2.59. The van der Waals surface area contributed by atoms with Crippen LogP contribution in [0.4, 0.5) is 0 Å². The SMILES string of the molecule is C=C1CCCC1C[O][Al]([CH3])[Cl]. The molecule has 1 unspecified atom stereocenters. The average molecular weight is 189 g/mol. The second-order valence-electron chi connectivity index (χ2n) is 3.12. The number of hydrogen-bond acceptors (Lipinski definition) is 1. The number of halogens is 1. The highest BCUT2D eigenvalue weighted by Crippen LogP contribution is 2.29. The van der Waals surface area contributed by atoms with Crippen LogP contribution >= 0.6 is 10.0 Å². The average Bonchev–Trinajstić information content (AvgIpc) is 2.31. The lowest BCUT2D eigenvalue weighted by Crippen LogP contribution is -2.13. The van der Waals surface area contributed by atoms with E-state index in [0.29, 0.717) is 5.92 Å². The molecule has 1 atom stereocenters. The Kier molecular flexibility index (Phi) is 3.95. The molecule has 1 nitrogen and oxygen atoms in total. The van der Waals surface area contributed by atoms with Crippen LogP contribution in [0, 0.1) is 5.92 Å². The van der Waals surface area contributed by atoms with Crippen LogP contribution in [-0.2, 0) is 3.79 Å². The van der Waals surface area contributed by atoms with E-state index in [0.717, 1.165) is 6.61 Å². The minimum Gasteiger partial charge on any atom is -0.489 e. The van der Waals surface area contributed by atoms with E-state index in [9.17, 15) is 0 Å². The molecular weight excluding hydrogens is 175 g/mol. The Morgan fingerprint density at radius 2 is 2.55 bits per heavy atom. The molecule has 0 radical (unpaired) electrons. The molecule has 0 bridgehead atoms. The Labute approximate surface area is 77.3 Å². The molecule has 0 aliphatic heterocycles. The lowest BCUT2D eigenvalue weighted by Gasteiger charge is -2.11. The Bertz CT molecular complexity index is 147. The van der Waals surface area contributed by atoms with Gasteiger partial charge in [-0.25, -0.2) is 10.0 Å². The van der Waals surface area contributed by atoms with Gasteiger partial charge in [-0.3, -0.25) is 0 Å². The predicted octanol–water partition coefficient (Wildman–Crippen LogP) is 2.72. The molecule has 0 saturated heterocycles. The standard InChI is InChI=1S/C7H11O.CH3.Al.ClH/c1-6-3-2-4-7(6)5-8;;;/h7H,1-5H2;1H3;;1H/q-1;;+2;/p-1. The van der Waals surface area contributed by atoms with Gasteiger partial charge in [0.2, 0.25) is 0 Å². The van der Waals surface area contributed by atoms with Crippen LogP contribution in [0.5, 0.6) is 0 Å². The van der Waals surface area contributed by atoms with Crippen molar-refractivity contribution in [1.82, 2.24) is 0 Å². The van der Waals surface area contributed by atoms with Crippen LogP contribution in [-0.4, -0.2) is 20.2 Å². The minimum absolute atomic E-state index is 0.601. The van der Waals surface area contributed by atoms with Crippen LogP contribution < -0.4 is 0 Å². The summed E-state index contributed by atoms with van der Waals surface area (Å²) >= 11 is -1.32. The fourth-order valence-electron chi connectivity index (χ4n) is 1.43. The summed E-state index contributed by atoms with van der Waals surface area (Å²) in [6, 6.07) is 0. The third-order valence-corrected chi connectivity index (χ3v) is 3.18. The van der Waals surface area contributed by atoms with Gasteiger partial charge >= 0.3 is 13.6 Å².